The molecular formula is C31H30ClN4O3+. The van der Waals surface area contributed by atoms with Gasteiger partial charge in [-0.15, -0.1) is 0 Å². The Morgan fingerprint density at radius 1 is 1.03 bits per heavy atom. The first-order valence-corrected chi connectivity index (χ1v) is 13.6. The van der Waals surface area contributed by atoms with Gasteiger partial charge in [-0.05, 0) is 35.9 Å². The highest BCUT2D eigenvalue weighted by atomic mass is 35.5. The predicted molar refractivity (Wildman–Crippen MR) is 154 cm³/mol. The van der Waals surface area contributed by atoms with Crippen molar-refractivity contribution in [2.24, 2.45) is 0 Å². The van der Waals surface area contributed by atoms with Crippen LogP contribution in [0.3, 0.4) is 0 Å². The molecule has 2 aliphatic heterocycles. The normalized spacial score (nSPS) is 17.3. The van der Waals surface area contributed by atoms with Crippen molar-refractivity contribution in [1.82, 2.24) is 15.4 Å². The molecule has 3 aromatic carbocycles. The molecule has 0 saturated carbocycles. The van der Waals surface area contributed by atoms with Crippen LogP contribution in [-0.2, 0) is 4.79 Å². The summed E-state index contributed by atoms with van der Waals surface area (Å²) in [6, 6.07) is 22.5. The molecule has 4 aromatic rings. The molecule has 198 valence electrons. The molecule has 1 aromatic heterocycles. The van der Waals surface area contributed by atoms with E-state index in [1.807, 2.05) is 72.8 Å². The van der Waals surface area contributed by atoms with Crippen LogP contribution in [0.1, 0.15) is 30.0 Å². The van der Waals surface area contributed by atoms with Crippen LogP contribution in [0.2, 0.25) is 5.02 Å². The number of amides is 1. The summed E-state index contributed by atoms with van der Waals surface area (Å²) in [5.41, 5.74) is 7.28. The lowest BCUT2D eigenvalue weighted by atomic mass is 9.94. The predicted octanol–water partition coefficient (Wildman–Crippen LogP) is 3.96. The summed E-state index contributed by atoms with van der Waals surface area (Å²) in [6.07, 6.45) is 4.21. The number of halogens is 1. The summed E-state index contributed by atoms with van der Waals surface area (Å²) < 4.78 is 5.67. The molecule has 2 aliphatic rings. The lowest BCUT2D eigenvalue weighted by molar-refractivity contribution is -0.879. The summed E-state index contributed by atoms with van der Waals surface area (Å²) in [4.78, 5) is 31.7. The second-order valence-corrected chi connectivity index (χ2v) is 10.5. The number of pyridine rings is 1. The molecule has 1 saturated heterocycles. The van der Waals surface area contributed by atoms with E-state index in [2.05, 4.69) is 10.4 Å². The van der Waals surface area contributed by atoms with Crippen molar-refractivity contribution in [3.8, 4) is 16.9 Å². The minimum Gasteiger partial charge on any atom is -0.496 e. The number of likely N-dealkylation sites (tertiary alicyclic amines) is 1. The zero-order valence-corrected chi connectivity index (χ0v) is 22.4. The number of nitrogens with one attached hydrogen (secondary N) is 3. The second kappa shape index (κ2) is 10.6. The van der Waals surface area contributed by atoms with E-state index in [-0.39, 0.29) is 11.5 Å². The van der Waals surface area contributed by atoms with Crippen LogP contribution in [0.25, 0.3) is 27.7 Å². The third kappa shape index (κ3) is 4.80. The maximum atomic E-state index is 13.7. The van der Waals surface area contributed by atoms with Crippen molar-refractivity contribution >= 4 is 34.1 Å². The largest absolute Gasteiger partial charge is 0.496 e. The van der Waals surface area contributed by atoms with Crippen LogP contribution in [-0.4, -0.2) is 42.6 Å². The second-order valence-electron chi connectivity index (χ2n) is 10.0. The van der Waals surface area contributed by atoms with Gasteiger partial charge in [-0.25, -0.2) is 5.01 Å². The lowest BCUT2D eigenvalue weighted by Crippen LogP contribution is -3.11. The zero-order valence-electron chi connectivity index (χ0n) is 21.7. The molecule has 0 bridgehead atoms. The molecule has 1 amide bonds. The SMILES string of the molecule is COc1ccccc1[C@@H]1C=C(c2c(-c3ccccc3)c3cc(Cl)ccc3[nH]c2=O)NN1C(=O)C[NH+]1CCCC1. The Morgan fingerprint density at radius 2 is 1.77 bits per heavy atom. The van der Waals surface area contributed by atoms with Crippen molar-refractivity contribution in [2.45, 2.75) is 18.9 Å². The smallest absolute Gasteiger partial charge is 0.296 e. The number of H-pyrrole nitrogens is 1. The number of carbonyl (C=O) groups excluding carboxylic acids is 1. The monoisotopic (exact) mass is 541 g/mol. The fourth-order valence-corrected chi connectivity index (χ4v) is 5.92. The number of fused-ring (bicyclic) bond motifs is 1. The standard InChI is InChI=1S/C31H29ClN4O3/c1-39-27-12-6-5-11-22(27)26-18-25(34-36(26)28(37)19-35-15-7-8-16-35)30-29(20-9-3-2-4-10-20)23-17-21(32)13-14-24(23)33-31(30)38/h2-6,9-14,17-18,26,34H,7-8,15-16,19H2,1H3,(H,33,38)/p+1/t26-/m0/s1. The molecule has 3 N–H and O–H groups in total. The third-order valence-electron chi connectivity index (χ3n) is 7.59. The van der Waals surface area contributed by atoms with Crippen LogP contribution in [0, 0.1) is 0 Å². The highest BCUT2D eigenvalue weighted by Gasteiger charge is 2.36. The number of carbonyl (C=O) groups is 1. The summed E-state index contributed by atoms with van der Waals surface area (Å²) in [5.74, 6) is 0.645. The molecular weight excluding hydrogens is 512 g/mol. The van der Waals surface area contributed by atoms with E-state index < -0.39 is 6.04 Å². The average Bonchev–Trinajstić information content (AvgIpc) is 3.63. The van der Waals surface area contributed by atoms with Gasteiger partial charge in [0.1, 0.15) is 11.8 Å². The summed E-state index contributed by atoms with van der Waals surface area (Å²) >= 11 is 6.42. The summed E-state index contributed by atoms with van der Waals surface area (Å²) in [7, 11) is 1.62. The fourth-order valence-electron chi connectivity index (χ4n) is 5.74. The van der Waals surface area contributed by atoms with Gasteiger partial charge in [0.2, 0.25) is 0 Å². The van der Waals surface area contributed by atoms with Gasteiger partial charge in [0.05, 0.1) is 31.5 Å². The first-order chi connectivity index (χ1) is 19.0. The van der Waals surface area contributed by atoms with E-state index in [9.17, 15) is 9.59 Å². The average molecular weight is 542 g/mol. The van der Waals surface area contributed by atoms with Crippen LogP contribution in [0.15, 0.2) is 83.7 Å². The van der Waals surface area contributed by atoms with Gasteiger partial charge in [0.25, 0.3) is 11.5 Å². The number of methoxy groups -OCH3 is 1. The first kappa shape index (κ1) is 25.2. The van der Waals surface area contributed by atoms with Gasteiger partial charge in [0.15, 0.2) is 6.54 Å². The molecule has 8 heteroatoms. The third-order valence-corrected chi connectivity index (χ3v) is 7.82. The Morgan fingerprint density at radius 3 is 2.54 bits per heavy atom. The number of para-hydroxylation sites is 1. The number of benzene rings is 3. The van der Waals surface area contributed by atoms with E-state index in [1.54, 1.807) is 18.2 Å². The van der Waals surface area contributed by atoms with Crippen LogP contribution >= 0.6 is 11.6 Å². The molecule has 7 nitrogen and oxygen atoms in total. The van der Waals surface area contributed by atoms with Gasteiger partial charge < -0.3 is 14.6 Å². The molecule has 39 heavy (non-hydrogen) atoms. The van der Waals surface area contributed by atoms with Crippen molar-refractivity contribution in [1.29, 1.82) is 0 Å². The van der Waals surface area contributed by atoms with Crippen molar-refractivity contribution in [2.75, 3.05) is 26.7 Å². The molecule has 0 aliphatic carbocycles. The van der Waals surface area contributed by atoms with E-state index in [1.165, 1.54) is 4.90 Å². The Labute approximate surface area is 231 Å². The van der Waals surface area contributed by atoms with E-state index in [4.69, 9.17) is 16.3 Å². The number of rotatable bonds is 6. The number of aromatic nitrogens is 1. The highest BCUT2D eigenvalue weighted by molar-refractivity contribution is 6.31. The quantitative estimate of drug-likeness (QED) is 0.345. The molecule has 1 atom stereocenters. The maximum absolute atomic E-state index is 13.7. The van der Waals surface area contributed by atoms with Crippen molar-refractivity contribution in [3.05, 3.63) is 105 Å². The van der Waals surface area contributed by atoms with Crippen molar-refractivity contribution < 1.29 is 14.4 Å². The van der Waals surface area contributed by atoms with Gasteiger partial charge in [-0.3, -0.25) is 15.0 Å². The summed E-state index contributed by atoms with van der Waals surface area (Å²) in [5, 5.41) is 3.05. The molecule has 0 unspecified atom stereocenters. The number of nitrogens with zero attached hydrogens (tertiary/aromatic N) is 1. The Bertz CT molecular complexity index is 1630. The van der Waals surface area contributed by atoms with Crippen LogP contribution in [0.4, 0.5) is 0 Å². The van der Waals surface area contributed by atoms with Gasteiger partial charge >= 0.3 is 0 Å². The fraction of sp³-hybridized carbons (Fsp3) is 0.226. The van der Waals surface area contributed by atoms with Crippen LogP contribution in [0.5, 0.6) is 5.75 Å². The van der Waals surface area contributed by atoms with Gasteiger partial charge in [-0.2, -0.15) is 0 Å². The molecule has 6 rings (SSSR count). The summed E-state index contributed by atoms with van der Waals surface area (Å²) in [6.45, 7) is 2.36. The molecule has 3 heterocycles. The minimum atomic E-state index is -0.455. The Hall–Kier alpha value is -4.07. The number of hydrogen-bond donors (Lipinski definition) is 3. The van der Waals surface area contributed by atoms with Gasteiger partial charge in [-0.1, -0.05) is 60.1 Å². The number of hydrazine groups is 1. The zero-order chi connectivity index (χ0) is 26.9. The number of aromatic amines is 1. The van der Waals surface area contributed by atoms with Gasteiger partial charge in [0, 0.05) is 39.9 Å². The number of hydrogen-bond acceptors (Lipinski definition) is 4. The lowest BCUT2D eigenvalue weighted by Gasteiger charge is -2.27. The molecule has 1 fully saturated rings. The van der Waals surface area contributed by atoms with Crippen LogP contribution < -0.4 is 20.6 Å². The number of quaternary nitrogens is 1. The van der Waals surface area contributed by atoms with E-state index >= 15 is 0 Å². The topological polar surface area (TPSA) is 78.9 Å². The van der Waals surface area contributed by atoms with Crippen molar-refractivity contribution in [3.63, 3.8) is 0 Å². The first-order valence-electron chi connectivity index (χ1n) is 13.2. The minimum absolute atomic E-state index is 0.0319. The maximum Gasteiger partial charge on any atom is 0.296 e. The highest BCUT2D eigenvalue weighted by Crippen LogP contribution is 2.39. The number of ether oxygens (including phenoxy) is 1. The molecule has 0 spiro atoms. The molecule has 0 radical (unpaired) electrons. The van der Waals surface area contributed by atoms with E-state index in [0.717, 1.165) is 48.0 Å². The van der Waals surface area contributed by atoms with E-state index in [0.29, 0.717) is 34.1 Å². The Kier molecular flexibility index (Phi) is 6.85. The Balaban J connectivity index is 1.53.